The Morgan fingerprint density at radius 3 is 1.19 bits per heavy atom. The number of carbonyl (C=O) groups excluding carboxylic acids is 2. The number of rotatable bonds is 40. The molecule has 0 aliphatic rings. The normalized spacial score (nSPS) is 11.9. The summed E-state index contributed by atoms with van der Waals surface area (Å²) in [6.07, 6.45) is 24.4. The largest absolute Gasteiger partial charge is 0.466 e. The summed E-state index contributed by atoms with van der Waals surface area (Å²) in [5, 5.41) is 9.55. The van der Waals surface area contributed by atoms with Crippen LogP contribution in [0.2, 0.25) is 0 Å². The van der Waals surface area contributed by atoms with Crippen molar-refractivity contribution in [2.24, 2.45) is 17.8 Å². The van der Waals surface area contributed by atoms with E-state index in [9.17, 15) is 14.7 Å². The second-order valence-electron chi connectivity index (χ2n) is 15.3. The first kappa shape index (κ1) is 50.8. The second-order valence-corrected chi connectivity index (χ2v) is 15.3. The van der Waals surface area contributed by atoms with Gasteiger partial charge in [0.15, 0.2) is 6.29 Å². The van der Waals surface area contributed by atoms with Crippen molar-refractivity contribution >= 4 is 11.9 Å². The molecule has 0 saturated heterocycles. The van der Waals surface area contributed by atoms with Crippen LogP contribution >= 0.6 is 0 Å². The molecule has 0 fully saturated rings. The van der Waals surface area contributed by atoms with Crippen molar-refractivity contribution in [1.29, 1.82) is 0 Å². The standard InChI is InChI=1S/C44H87NO7/c1-7-19-39(20-8-2)27-35-49-42(47)25-15-13-17-31-45(33-34-46)32-18-14-16-26-43(48)50-38-30-44(51-36-28-40(21-9-3)22-10-4)52-37-29-41(23-11-5)24-12-6/h39-41,44,46H,7-38H2,1-6H3. The molecule has 0 aliphatic carbocycles. The van der Waals surface area contributed by atoms with Crippen LogP contribution < -0.4 is 0 Å². The van der Waals surface area contributed by atoms with Crippen LogP contribution in [0.1, 0.15) is 196 Å². The lowest BCUT2D eigenvalue weighted by Crippen LogP contribution is -2.29. The molecule has 0 aromatic rings. The lowest BCUT2D eigenvalue weighted by Gasteiger charge is -2.22. The number of hydrogen-bond donors (Lipinski definition) is 1. The Balaban J connectivity index is 4.36. The molecule has 310 valence electrons. The summed E-state index contributed by atoms with van der Waals surface area (Å²) in [6, 6.07) is 0. The van der Waals surface area contributed by atoms with Gasteiger partial charge >= 0.3 is 11.9 Å². The van der Waals surface area contributed by atoms with Crippen molar-refractivity contribution in [2.75, 3.05) is 52.7 Å². The minimum Gasteiger partial charge on any atom is -0.466 e. The molecule has 0 spiro atoms. The zero-order chi connectivity index (χ0) is 38.5. The SMILES string of the molecule is CCCC(CCC)CCOC(=O)CCCCCN(CCO)CCCCCC(=O)OCCC(OCCC(CCC)CCC)OCCC(CCC)CCC. The predicted molar refractivity (Wildman–Crippen MR) is 216 cm³/mol. The molecule has 0 aliphatic heterocycles. The van der Waals surface area contributed by atoms with Crippen LogP contribution in [0.25, 0.3) is 0 Å². The monoisotopic (exact) mass is 742 g/mol. The topological polar surface area (TPSA) is 94.5 Å². The third-order valence-electron chi connectivity index (χ3n) is 10.4. The minimum atomic E-state index is -0.328. The maximum atomic E-state index is 12.5. The first-order valence-electron chi connectivity index (χ1n) is 22.2. The van der Waals surface area contributed by atoms with E-state index in [4.69, 9.17) is 18.9 Å². The lowest BCUT2D eigenvalue weighted by atomic mass is 9.95. The van der Waals surface area contributed by atoms with Crippen LogP contribution in [0.5, 0.6) is 0 Å². The van der Waals surface area contributed by atoms with E-state index in [-0.39, 0.29) is 24.8 Å². The summed E-state index contributed by atoms with van der Waals surface area (Å²) >= 11 is 0. The molecule has 0 unspecified atom stereocenters. The number of aliphatic hydroxyl groups excluding tert-OH is 1. The molecule has 0 atom stereocenters. The van der Waals surface area contributed by atoms with Crippen molar-refractivity contribution in [3.63, 3.8) is 0 Å². The Hall–Kier alpha value is -1.22. The van der Waals surface area contributed by atoms with E-state index < -0.39 is 0 Å². The first-order chi connectivity index (χ1) is 25.4. The fourth-order valence-electron chi connectivity index (χ4n) is 7.49. The molecular formula is C44H87NO7. The van der Waals surface area contributed by atoms with Crippen molar-refractivity contribution in [3.8, 4) is 0 Å². The Morgan fingerprint density at radius 1 is 0.462 bits per heavy atom. The number of esters is 2. The van der Waals surface area contributed by atoms with E-state index in [1.807, 2.05) is 0 Å². The number of aliphatic hydroxyl groups is 1. The summed E-state index contributed by atoms with van der Waals surface area (Å²) in [4.78, 5) is 27.0. The summed E-state index contributed by atoms with van der Waals surface area (Å²) < 4.78 is 23.6. The molecule has 0 aromatic carbocycles. The molecular weight excluding hydrogens is 654 g/mol. The first-order valence-corrected chi connectivity index (χ1v) is 22.2. The maximum absolute atomic E-state index is 12.5. The zero-order valence-corrected chi connectivity index (χ0v) is 35.3. The Labute approximate surface area is 322 Å². The molecule has 0 rings (SSSR count). The predicted octanol–water partition coefficient (Wildman–Crippen LogP) is 11.1. The van der Waals surface area contributed by atoms with E-state index in [1.54, 1.807) is 0 Å². The van der Waals surface area contributed by atoms with Gasteiger partial charge in [-0.05, 0) is 75.8 Å². The average molecular weight is 742 g/mol. The van der Waals surface area contributed by atoms with Crippen LogP contribution in [0.4, 0.5) is 0 Å². The van der Waals surface area contributed by atoms with Crippen molar-refractivity contribution < 1.29 is 33.6 Å². The maximum Gasteiger partial charge on any atom is 0.305 e. The van der Waals surface area contributed by atoms with Gasteiger partial charge in [0, 0.05) is 39.0 Å². The van der Waals surface area contributed by atoms with E-state index in [1.165, 1.54) is 77.0 Å². The van der Waals surface area contributed by atoms with Gasteiger partial charge in [-0.1, -0.05) is 131 Å². The highest BCUT2D eigenvalue weighted by Gasteiger charge is 2.16. The fraction of sp³-hybridized carbons (Fsp3) is 0.955. The molecule has 0 aromatic heterocycles. The number of ether oxygens (including phenoxy) is 4. The van der Waals surface area contributed by atoms with Crippen molar-refractivity contribution in [1.82, 2.24) is 4.90 Å². The third-order valence-corrected chi connectivity index (χ3v) is 10.4. The van der Waals surface area contributed by atoms with Crippen LogP contribution in [-0.4, -0.2) is 80.9 Å². The van der Waals surface area contributed by atoms with E-state index in [0.29, 0.717) is 70.0 Å². The van der Waals surface area contributed by atoms with Gasteiger partial charge in [0.2, 0.25) is 0 Å². The van der Waals surface area contributed by atoms with Crippen molar-refractivity contribution in [2.45, 2.75) is 202 Å². The van der Waals surface area contributed by atoms with Crippen LogP contribution in [-0.2, 0) is 28.5 Å². The quantitative estimate of drug-likeness (QED) is 0.0377. The Kier molecular flexibility index (Phi) is 37.2. The summed E-state index contributed by atoms with van der Waals surface area (Å²) in [7, 11) is 0. The van der Waals surface area contributed by atoms with Gasteiger partial charge in [-0.15, -0.1) is 0 Å². The molecule has 0 bridgehead atoms. The van der Waals surface area contributed by atoms with Crippen LogP contribution in [0.3, 0.4) is 0 Å². The van der Waals surface area contributed by atoms with Gasteiger partial charge in [0.25, 0.3) is 0 Å². The number of carbonyl (C=O) groups is 2. The number of hydrogen-bond acceptors (Lipinski definition) is 8. The van der Waals surface area contributed by atoms with Gasteiger partial charge < -0.3 is 29.0 Å². The van der Waals surface area contributed by atoms with E-state index >= 15 is 0 Å². The smallest absolute Gasteiger partial charge is 0.305 e. The number of unbranched alkanes of at least 4 members (excludes halogenated alkanes) is 4. The van der Waals surface area contributed by atoms with Gasteiger partial charge in [0.05, 0.1) is 19.8 Å². The Morgan fingerprint density at radius 2 is 0.827 bits per heavy atom. The van der Waals surface area contributed by atoms with Gasteiger partial charge in [-0.25, -0.2) is 0 Å². The van der Waals surface area contributed by atoms with Crippen LogP contribution in [0, 0.1) is 17.8 Å². The molecule has 0 radical (unpaired) electrons. The van der Waals surface area contributed by atoms with Gasteiger partial charge in [-0.3, -0.25) is 9.59 Å². The van der Waals surface area contributed by atoms with E-state index in [2.05, 4.69) is 46.4 Å². The average Bonchev–Trinajstić information content (AvgIpc) is 3.11. The van der Waals surface area contributed by atoms with E-state index in [0.717, 1.165) is 70.9 Å². The van der Waals surface area contributed by atoms with Gasteiger partial charge in [-0.2, -0.15) is 0 Å². The van der Waals surface area contributed by atoms with Crippen molar-refractivity contribution in [3.05, 3.63) is 0 Å². The second kappa shape index (κ2) is 38.1. The molecule has 0 heterocycles. The molecule has 0 saturated carbocycles. The lowest BCUT2D eigenvalue weighted by molar-refractivity contribution is -0.163. The highest BCUT2D eigenvalue weighted by molar-refractivity contribution is 5.69. The van der Waals surface area contributed by atoms with Crippen LogP contribution in [0.15, 0.2) is 0 Å². The highest BCUT2D eigenvalue weighted by atomic mass is 16.7. The molecule has 0 amide bonds. The minimum absolute atomic E-state index is 0.0735. The highest BCUT2D eigenvalue weighted by Crippen LogP contribution is 2.21. The Bertz CT molecular complexity index is 742. The zero-order valence-electron chi connectivity index (χ0n) is 35.3. The molecule has 52 heavy (non-hydrogen) atoms. The molecule has 8 nitrogen and oxygen atoms in total. The van der Waals surface area contributed by atoms with Gasteiger partial charge in [0.1, 0.15) is 0 Å². The molecule has 8 heteroatoms. The fourth-order valence-corrected chi connectivity index (χ4v) is 7.49. The number of nitrogens with zero attached hydrogens (tertiary/aromatic N) is 1. The summed E-state index contributed by atoms with van der Waals surface area (Å²) in [5.74, 6) is 1.85. The summed E-state index contributed by atoms with van der Waals surface area (Å²) in [5.41, 5.74) is 0. The summed E-state index contributed by atoms with van der Waals surface area (Å²) in [6.45, 7) is 18.3. The third kappa shape index (κ3) is 31.2. The molecule has 1 N–H and O–H groups in total.